The van der Waals surface area contributed by atoms with Crippen molar-refractivity contribution in [3.8, 4) is 6.07 Å². The van der Waals surface area contributed by atoms with Crippen LogP contribution in [-0.4, -0.2) is 36.0 Å². The van der Waals surface area contributed by atoms with Crippen LogP contribution in [0.5, 0.6) is 0 Å². The Morgan fingerprint density at radius 2 is 1.61 bits per heavy atom. The van der Waals surface area contributed by atoms with E-state index >= 15 is 0 Å². The van der Waals surface area contributed by atoms with Crippen molar-refractivity contribution in [1.29, 1.82) is 5.26 Å². The van der Waals surface area contributed by atoms with Crippen LogP contribution in [0.1, 0.15) is 27.7 Å². The molecule has 0 N–H and O–H groups in total. The maximum Gasteiger partial charge on any atom is 0.164 e. The van der Waals surface area contributed by atoms with Crippen LogP contribution in [0.3, 0.4) is 0 Å². The van der Waals surface area contributed by atoms with Gasteiger partial charge in [-0.3, -0.25) is 0 Å². The van der Waals surface area contributed by atoms with Gasteiger partial charge >= 0.3 is 0 Å². The van der Waals surface area contributed by atoms with Gasteiger partial charge in [0.2, 0.25) is 0 Å². The maximum atomic E-state index is 9.21. The summed E-state index contributed by atoms with van der Waals surface area (Å²) in [4.78, 5) is 0. The minimum absolute atomic E-state index is 0.219. The van der Waals surface area contributed by atoms with Crippen molar-refractivity contribution < 1.29 is 18.9 Å². The predicted octanol–water partition coefficient (Wildman–Crippen LogP) is 1.49. The third-order valence-electron chi connectivity index (χ3n) is 3.40. The highest BCUT2D eigenvalue weighted by atomic mass is 16.8. The van der Waals surface area contributed by atoms with Crippen molar-refractivity contribution in [2.45, 2.75) is 63.7 Å². The van der Waals surface area contributed by atoms with Gasteiger partial charge < -0.3 is 18.9 Å². The molecule has 2 heterocycles. The van der Waals surface area contributed by atoms with Gasteiger partial charge in [0.05, 0.1) is 11.6 Å². The van der Waals surface area contributed by atoms with Crippen LogP contribution < -0.4 is 0 Å². The van der Waals surface area contributed by atoms with Gasteiger partial charge in [-0.15, -0.1) is 0 Å². The van der Waals surface area contributed by atoms with Crippen molar-refractivity contribution in [1.82, 2.24) is 0 Å². The van der Waals surface area contributed by atoms with E-state index in [1.54, 1.807) is 6.08 Å². The van der Waals surface area contributed by atoms with E-state index in [0.29, 0.717) is 5.57 Å². The number of nitrogens with zero attached hydrogens (tertiary/aromatic N) is 1. The van der Waals surface area contributed by atoms with E-state index in [4.69, 9.17) is 18.9 Å². The fourth-order valence-electron chi connectivity index (χ4n) is 2.84. The Labute approximate surface area is 106 Å². The highest BCUT2D eigenvalue weighted by Gasteiger charge is 2.56. The second-order valence-electron chi connectivity index (χ2n) is 5.82. The zero-order chi connectivity index (χ0) is 13.1. The third kappa shape index (κ3) is 1.77. The summed E-state index contributed by atoms with van der Waals surface area (Å²) in [6, 6.07) is 2.17. The van der Waals surface area contributed by atoms with Gasteiger partial charge in [-0.2, -0.15) is 5.26 Å². The number of rotatable bonds is 0. The molecular formula is C13H17NO4. The van der Waals surface area contributed by atoms with E-state index in [1.165, 1.54) is 0 Å². The standard InChI is InChI=1S/C13H17NO4/c1-12(2)15-8-5-7(6-14)9-11(10(8)17-12)18-13(3,4)16-9/h5,8-11H,1-4H3/t8-,9-,10-,11-/m1/s1. The van der Waals surface area contributed by atoms with Crippen LogP contribution in [0.2, 0.25) is 0 Å². The summed E-state index contributed by atoms with van der Waals surface area (Å²) in [7, 11) is 0. The quantitative estimate of drug-likeness (QED) is 0.652. The molecule has 2 saturated heterocycles. The van der Waals surface area contributed by atoms with Gasteiger partial charge in [0, 0.05) is 0 Å². The average Bonchev–Trinajstić information content (AvgIpc) is 2.71. The maximum absolute atomic E-state index is 9.21. The number of hydrogen-bond acceptors (Lipinski definition) is 5. The fourth-order valence-corrected chi connectivity index (χ4v) is 2.84. The number of hydrogen-bond donors (Lipinski definition) is 0. The van der Waals surface area contributed by atoms with Gasteiger partial charge in [-0.25, -0.2) is 0 Å². The lowest BCUT2D eigenvalue weighted by Crippen LogP contribution is -2.45. The van der Waals surface area contributed by atoms with Crippen LogP contribution in [0.4, 0.5) is 0 Å². The lowest BCUT2D eigenvalue weighted by molar-refractivity contribution is -0.175. The molecule has 4 atom stereocenters. The average molecular weight is 251 g/mol. The topological polar surface area (TPSA) is 60.7 Å². The smallest absolute Gasteiger partial charge is 0.164 e. The molecule has 0 aromatic rings. The molecule has 3 aliphatic rings. The first-order chi connectivity index (χ1) is 8.31. The van der Waals surface area contributed by atoms with E-state index in [2.05, 4.69) is 6.07 Å². The first kappa shape index (κ1) is 12.1. The molecule has 98 valence electrons. The molecule has 0 aromatic carbocycles. The molecule has 0 spiro atoms. The van der Waals surface area contributed by atoms with Crippen molar-refractivity contribution in [2.75, 3.05) is 0 Å². The largest absolute Gasteiger partial charge is 0.341 e. The molecule has 2 aliphatic heterocycles. The van der Waals surface area contributed by atoms with Crippen LogP contribution in [0.15, 0.2) is 11.6 Å². The van der Waals surface area contributed by atoms with E-state index in [1.807, 2.05) is 27.7 Å². The van der Waals surface area contributed by atoms with E-state index < -0.39 is 11.6 Å². The van der Waals surface area contributed by atoms with Crippen molar-refractivity contribution in [2.24, 2.45) is 0 Å². The Balaban J connectivity index is 1.97. The number of fused-ring (bicyclic) bond motifs is 3. The highest BCUT2D eigenvalue weighted by molar-refractivity contribution is 5.34. The Bertz CT molecular complexity index is 448. The monoisotopic (exact) mass is 251 g/mol. The molecule has 0 saturated carbocycles. The number of nitriles is 1. The van der Waals surface area contributed by atoms with Gasteiger partial charge in [-0.05, 0) is 33.8 Å². The zero-order valence-corrected chi connectivity index (χ0v) is 11.0. The molecule has 3 rings (SSSR count). The molecule has 18 heavy (non-hydrogen) atoms. The van der Waals surface area contributed by atoms with E-state index in [0.717, 1.165) is 0 Å². The van der Waals surface area contributed by atoms with Crippen molar-refractivity contribution in [3.63, 3.8) is 0 Å². The third-order valence-corrected chi connectivity index (χ3v) is 3.40. The van der Waals surface area contributed by atoms with E-state index in [-0.39, 0.29) is 24.4 Å². The molecule has 0 amide bonds. The summed E-state index contributed by atoms with van der Waals surface area (Å²) < 4.78 is 23.3. The van der Waals surface area contributed by atoms with Gasteiger partial charge in [-0.1, -0.05) is 0 Å². The predicted molar refractivity (Wildman–Crippen MR) is 61.3 cm³/mol. The van der Waals surface area contributed by atoms with E-state index in [9.17, 15) is 5.26 Å². The summed E-state index contributed by atoms with van der Waals surface area (Å²) in [6.07, 6.45) is 0.693. The highest BCUT2D eigenvalue weighted by Crippen LogP contribution is 2.43. The summed E-state index contributed by atoms with van der Waals surface area (Å²) in [6.45, 7) is 7.41. The zero-order valence-electron chi connectivity index (χ0n) is 11.0. The Morgan fingerprint density at radius 3 is 2.28 bits per heavy atom. The molecule has 0 unspecified atom stereocenters. The molecular weight excluding hydrogens is 234 g/mol. The Hall–Kier alpha value is -0.930. The molecule has 0 bridgehead atoms. The van der Waals surface area contributed by atoms with Crippen LogP contribution in [0.25, 0.3) is 0 Å². The second-order valence-corrected chi connectivity index (χ2v) is 5.82. The van der Waals surface area contributed by atoms with Crippen LogP contribution >= 0.6 is 0 Å². The van der Waals surface area contributed by atoms with Crippen LogP contribution in [-0.2, 0) is 18.9 Å². The Kier molecular flexibility index (Phi) is 2.39. The molecule has 2 fully saturated rings. The first-order valence-electron chi connectivity index (χ1n) is 6.14. The number of ether oxygens (including phenoxy) is 4. The molecule has 0 aromatic heterocycles. The minimum atomic E-state index is -0.698. The molecule has 5 nitrogen and oxygen atoms in total. The lowest BCUT2D eigenvalue weighted by Gasteiger charge is -2.28. The van der Waals surface area contributed by atoms with Gasteiger partial charge in [0.15, 0.2) is 11.6 Å². The normalized spacial score (nSPS) is 43.8. The molecule has 5 heteroatoms. The van der Waals surface area contributed by atoms with Gasteiger partial charge in [0.25, 0.3) is 0 Å². The summed E-state index contributed by atoms with van der Waals surface area (Å²) in [5.74, 6) is -1.35. The summed E-state index contributed by atoms with van der Waals surface area (Å²) in [5, 5.41) is 9.21. The first-order valence-corrected chi connectivity index (χ1v) is 6.14. The Morgan fingerprint density at radius 1 is 1.00 bits per heavy atom. The van der Waals surface area contributed by atoms with Gasteiger partial charge in [0.1, 0.15) is 24.4 Å². The summed E-state index contributed by atoms with van der Waals surface area (Å²) in [5.41, 5.74) is 0.563. The molecule has 1 aliphatic carbocycles. The van der Waals surface area contributed by atoms with Crippen molar-refractivity contribution in [3.05, 3.63) is 11.6 Å². The summed E-state index contributed by atoms with van der Waals surface area (Å²) >= 11 is 0. The second kappa shape index (κ2) is 3.55. The molecule has 0 radical (unpaired) electrons. The minimum Gasteiger partial charge on any atom is -0.341 e. The SMILES string of the molecule is CC1(C)O[C@H]2[C@@H]3OC(C)(C)O[C@@H]3C=C(C#N)[C@H]2O1. The fraction of sp³-hybridized carbons (Fsp3) is 0.769. The van der Waals surface area contributed by atoms with Crippen LogP contribution in [0, 0.1) is 11.3 Å². The lowest BCUT2D eigenvalue weighted by atomic mass is 9.90. The van der Waals surface area contributed by atoms with Crippen molar-refractivity contribution >= 4 is 0 Å².